The lowest BCUT2D eigenvalue weighted by Gasteiger charge is -2.07. The molecule has 0 fully saturated rings. The van der Waals surface area contributed by atoms with Gasteiger partial charge in [0.25, 0.3) is 0 Å². The Hall–Kier alpha value is -0.970. The van der Waals surface area contributed by atoms with Crippen LogP contribution in [0.15, 0.2) is 12.4 Å². The predicted molar refractivity (Wildman–Crippen MR) is 76.9 cm³/mol. The number of nitrogens with zero attached hydrogens (tertiary/aromatic N) is 2. The monoisotopic (exact) mass is 254 g/mol. The number of unbranched alkanes of at least 4 members (excludes halogenated alkanes) is 1. The first kappa shape index (κ1) is 14.1. The van der Waals surface area contributed by atoms with Crippen LogP contribution in [-0.4, -0.2) is 35.1 Å². The second-order valence-corrected chi connectivity index (χ2v) is 4.83. The van der Waals surface area contributed by atoms with E-state index < -0.39 is 0 Å². The molecule has 17 heavy (non-hydrogen) atoms. The van der Waals surface area contributed by atoms with Gasteiger partial charge in [0.1, 0.15) is 18.0 Å². The molecule has 1 aromatic heterocycles. The van der Waals surface area contributed by atoms with Crippen LogP contribution in [0.5, 0.6) is 0 Å². The van der Waals surface area contributed by atoms with Crippen LogP contribution in [0.25, 0.3) is 0 Å². The van der Waals surface area contributed by atoms with E-state index in [2.05, 4.69) is 33.8 Å². The molecular formula is C12H22N4S. The van der Waals surface area contributed by atoms with Crippen molar-refractivity contribution in [2.45, 2.75) is 26.2 Å². The molecule has 0 aliphatic carbocycles. The molecule has 0 radical (unpaired) electrons. The molecule has 0 aromatic carbocycles. The lowest BCUT2D eigenvalue weighted by atomic mass is 10.3. The summed E-state index contributed by atoms with van der Waals surface area (Å²) in [7, 11) is 0. The molecule has 96 valence electrons. The van der Waals surface area contributed by atoms with E-state index in [1.807, 2.05) is 17.8 Å². The summed E-state index contributed by atoms with van der Waals surface area (Å²) >= 11 is 1.90. The van der Waals surface area contributed by atoms with Gasteiger partial charge in [-0.3, -0.25) is 0 Å². The van der Waals surface area contributed by atoms with Gasteiger partial charge in [-0.15, -0.1) is 0 Å². The van der Waals surface area contributed by atoms with Crippen LogP contribution >= 0.6 is 11.8 Å². The maximum absolute atomic E-state index is 4.20. The highest BCUT2D eigenvalue weighted by Crippen LogP contribution is 2.09. The Balaban J connectivity index is 2.27. The summed E-state index contributed by atoms with van der Waals surface area (Å²) in [5.74, 6) is 3.03. The van der Waals surface area contributed by atoms with Crippen LogP contribution in [0.3, 0.4) is 0 Å². The van der Waals surface area contributed by atoms with E-state index in [0.717, 1.165) is 31.1 Å². The van der Waals surface area contributed by atoms with Gasteiger partial charge in [0.15, 0.2) is 0 Å². The molecule has 0 aliphatic heterocycles. The van der Waals surface area contributed by atoms with E-state index in [0.29, 0.717) is 0 Å². The third kappa shape index (κ3) is 6.36. The minimum absolute atomic E-state index is 0.897. The van der Waals surface area contributed by atoms with Crippen LogP contribution in [0.4, 0.5) is 11.6 Å². The number of aromatic nitrogens is 2. The van der Waals surface area contributed by atoms with Crippen molar-refractivity contribution in [2.75, 3.05) is 35.7 Å². The second kappa shape index (κ2) is 9.10. The van der Waals surface area contributed by atoms with Crippen molar-refractivity contribution >= 4 is 23.4 Å². The van der Waals surface area contributed by atoms with E-state index in [1.54, 1.807) is 6.33 Å². The molecule has 0 saturated heterocycles. The molecule has 5 heteroatoms. The smallest absolute Gasteiger partial charge is 0.131 e. The lowest BCUT2D eigenvalue weighted by Crippen LogP contribution is -2.06. The lowest BCUT2D eigenvalue weighted by molar-refractivity contribution is 0.839. The van der Waals surface area contributed by atoms with Gasteiger partial charge in [-0.25, -0.2) is 9.97 Å². The van der Waals surface area contributed by atoms with E-state index in [9.17, 15) is 0 Å². The number of anilines is 2. The molecule has 0 bridgehead atoms. The topological polar surface area (TPSA) is 49.8 Å². The average Bonchev–Trinajstić information content (AvgIpc) is 2.37. The molecule has 0 spiro atoms. The Morgan fingerprint density at radius 2 is 1.82 bits per heavy atom. The highest BCUT2D eigenvalue weighted by Gasteiger charge is 1.97. The summed E-state index contributed by atoms with van der Waals surface area (Å²) in [6.45, 7) is 4.06. The standard InChI is InChI=1S/C12H22N4S/c1-3-6-13-11-9-12(16-10-15-11)14-7-4-5-8-17-2/h9-10H,3-8H2,1-2H3,(H2,13,14,15,16). The van der Waals surface area contributed by atoms with Crippen molar-refractivity contribution in [3.05, 3.63) is 12.4 Å². The van der Waals surface area contributed by atoms with Crippen LogP contribution in [-0.2, 0) is 0 Å². The van der Waals surface area contributed by atoms with Crippen LogP contribution in [0, 0.1) is 0 Å². The number of hydrogen-bond donors (Lipinski definition) is 2. The fourth-order valence-corrected chi connectivity index (χ4v) is 1.88. The van der Waals surface area contributed by atoms with E-state index in [-0.39, 0.29) is 0 Å². The summed E-state index contributed by atoms with van der Waals surface area (Å²) in [5, 5.41) is 6.57. The van der Waals surface area contributed by atoms with E-state index in [1.165, 1.54) is 18.6 Å². The van der Waals surface area contributed by atoms with Gasteiger partial charge >= 0.3 is 0 Å². The number of hydrogen-bond acceptors (Lipinski definition) is 5. The van der Waals surface area contributed by atoms with Gasteiger partial charge in [-0.1, -0.05) is 6.92 Å². The third-order valence-corrected chi connectivity index (χ3v) is 3.00. The van der Waals surface area contributed by atoms with Crippen molar-refractivity contribution in [3.63, 3.8) is 0 Å². The number of nitrogens with one attached hydrogen (secondary N) is 2. The summed E-state index contributed by atoms with van der Waals surface area (Å²) in [4.78, 5) is 8.37. The first-order valence-electron chi connectivity index (χ1n) is 6.15. The highest BCUT2D eigenvalue weighted by atomic mass is 32.2. The van der Waals surface area contributed by atoms with Crippen molar-refractivity contribution in [3.8, 4) is 0 Å². The van der Waals surface area contributed by atoms with Crippen LogP contribution in [0.1, 0.15) is 26.2 Å². The summed E-state index contributed by atoms with van der Waals surface area (Å²) in [6, 6.07) is 1.96. The first-order valence-corrected chi connectivity index (χ1v) is 7.55. The normalized spacial score (nSPS) is 10.2. The zero-order valence-corrected chi connectivity index (χ0v) is 11.5. The van der Waals surface area contributed by atoms with Gasteiger partial charge in [-0.05, 0) is 31.3 Å². The summed E-state index contributed by atoms with van der Waals surface area (Å²) in [6.07, 6.45) is 7.27. The van der Waals surface area contributed by atoms with Gasteiger partial charge in [0, 0.05) is 19.2 Å². The Bertz CT molecular complexity index is 306. The maximum Gasteiger partial charge on any atom is 0.131 e. The quantitative estimate of drug-likeness (QED) is 0.664. The molecule has 0 aliphatic rings. The van der Waals surface area contributed by atoms with Gasteiger partial charge in [-0.2, -0.15) is 11.8 Å². The van der Waals surface area contributed by atoms with E-state index >= 15 is 0 Å². The third-order valence-electron chi connectivity index (χ3n) is 2.30. The number of rotatable bonds is 9. The first-order chi connectivity index (χ1) is 8.36. The van der Waals surface area contributed by atoms with Gasteiger partial charge in [0.2, 0.25) is 0 Å². The highest BCUT2D eigenvalue weighted by molar-refractivity contribution is 7.98. The van der Waals surface area contributed by atoms with Crippen molar-refractivity contribution in [1.29, 1.82) is 0 Å². The minimum Gasteiger partial charge on any atom is -0.370 e. The van der Waals surface area contributed by atoms with Crippen LogP contribution < -0.4 is 10.6 Å². The molecule has 4 nitrogen and oxygen atoms in total. The molecule has 0 atom stereocenters. The van der Waals surface area contributed by atoms with E-state index in [4.69, 9.17) is 0 Å². The van der Waals surface area contributed by atoms with Crippen LogP contribution in [0.2, 0.25) is 0 Å². The second-order valence-electron chi connectivity index (χ2n) is 3.84. The fourth-order valence-electron chi connectivity index (χ4n) is 1.39. The van der Waals surface area contributed by atoms with Gasteiger partial charge in [0.05, 0.1) is 0 Å². The molecule has 0 saturated carbocycles. The van der Waals surface area contributed by atoms with Crippen molar-refractivity contribution in [2.24, 2.45) is 0 Å². The summed E-state index contributed by atoms with van der Waals surface area (Å²) in [5.41, 5.74) is 0. The Morgan fingerprint density at radius 3 is 2.47 bits per heavy atom. The minimum atomic E-state index is 0.897. The zero-order valence-electron chi connectivity index (χ0n) is 10.7. The van der Waals surface area contributed by atoms with Crippen molar-refractivity contribution < 1.29 is 0 Å². The average molecular weight is 254 g/mol. The Labute approximate surface area is 108 Å². The summed E-state index contributed by atoms with van der Waals surface area (Å²) < 4.78 is 0. The zero-order chi connectivity index (χ0) is 12.3. The van der Waals surface area contributed by atoms with Gasteiger partial charge < -0.3 is 10.6 Å². The Kier molecular flexibility index (Phi) is 7.54. The Morgan fingerprint density at radius 1 is 1.12 bits per heavy atom. The molecule has 2 N–H and O–H groups in total. The largest absolute Gasteiger partial charge is 0.370 e. The molecule has 0 amide bonds. The van der Waals surface area contributed by atoms with Crippen molar-refractivity contribution in [1.82, 2.24) is 9.97 Å². The number of thioether (sulfide) groups is 1. The molecule has 1 rings (SSSR count). The maximum atomic E-state index is 4.20. The molecule has 0 unspecified atom stereocenters. The SMILES string of the molecule is CCCNc1cc(NCCCCSC)ncn1. The molecule has 1 heterocycles. The fraction of sp³-hybridized carbons (Fsp3) is 0.667. The molecule has 1 aromatic rings. The predicted octanol–water partition coefficient (Wildman–Crippen LogP) is 2.85. The molecular weight excluding hydrogens is 232 g/mol.